The van der Waals surface area contributed by atoms with Crippen molar-refractivity contribution in [2.24, 2.45) is 5.92 Å². The summed E-state index contributed by atoms with van der Waals surface area (Å²) in [6.45, 7) is 5.63. The van der Waals surface area contributed by atoms with E-state index in [0.29, 0.717) is 6.54 Å². The van der Waals surface area contributed by atoms with Gasteiger partial charge in [-0.1, -0.05) is 43.2 Å². The van der Waals surface area contributed by atoms with Crippen molar-refractivity contribution in [1.29, 1.82) is 0 Å². The first kappa shape index (κ1) is 19.7. The fourth-order valence-electron chi connectivity index (χ4n) is 4.80. The van der Waals surface area contributed by atoms with Crippen molar-refractivity contribution in [3.05, 3.63) is 59.9 Å². The van der Waals surface area contributed by atoms with E-state index in [0.717, 1.165) is 43.5 Å². The SMILES string of the molecule is CC(C)N(CC(=O)N1CCn2cccc2[C@H]1c1ccccc1)C(=O)C1CCCC1. The molecule has 29 heavy (non-hydrogen) atoms. The third kappa shape index (κ3) is 3.96. The smallest absolute Gasteiger partial charge is 0.243 e. The minimum absolute atomic E-state index is 0.0240. The predicted molar refractivity (Wildman–Crippen MR) is 113 cm³/mol. The van der Waals surface area contributed by atoms with Gasteiger partial charge in [0, 0.05) is 36.9 Å². The molecule has 4 rings (SSSR count). The Morgan fingerprint density at radius 2 is 1.76 bits per heavy atom. The van der Waals surface area contributed by atoms with E-state index in [1.54, 1.807) is 4.90 Å². The summed E-state index contributed by atoms with van der Waals surface area (Å²) in [5.41, 5.74) is 2.24. The van der Waals surface area contributed by atoms with Crippen molar-refractivity contribution in [1.82, 2.24) is 14.4 Å². The van der Waals surface area contributed by atoms with Crippen molar-refractivity contribution < 1.29 is 9.59 Å². The predicted octanol–water partition coefficient (Wildman–Crippen LogP) is 3.85. The third-order valence-corrected chi connectivity index (χ3v) is 6.39. The zero-order chi connectivity index (χ0) is 20.4. The molecule has 2 aliphatic rings. The second-order valence-corrected chi connectivity index (χ2v) is 8.57. The molecule has 5 nitrogen and oxygen atoms in total. The van der Waals surface area contributed by atoms with Crippen molar-refractivity contribution in [2.75, 3.05) is 13.1 Å². The molecule has 1 saturated carbocycles. The van der Waals surface area contributed by atoms with Gasteiger partial charge in [-0.05, 0) is 44.4 Å². The number of carbonyl (C=O) groups is 2. The Labute approximate surface area is 173 Å². The monoisotopic (exact) mass is 393 g/mol. The van der Waals surface area contributed by atoms with Gasteiger partial charge in [0.25, 0.3) is 0 Å². The molecule has 1 aliphatic heterocycles. The Morgan fingerprint density at radius 3 is 2.45 bits per heavy atom. The van der Waals surface area contributed by atoms with Crippen LogP contribution in [0.5, 0.6) is 0 Å². The van der Waals surface area contributed by atoms with Gasteiger partial charge in [0.05, 0.1) is 6.04 Å². The molecule has 154 valence electrons. The van der Waals surface area contributed by atoms with Crippen LogP contribution in [0, 0.1) is 5.92 Å². The first-order valence-electron chi connectivity index (χ1n) is 10.9. The molecule has 2 aromatic rings. The summed E-state index contributed by atoms with van der Waals surface area (Å²) < 4.78 is 2.23. The molecule has 2 amide bonds. The van der Waals surface area contributed by atoms with E-state index in [4.69, 9.17) is 0 Å². The third-order valence-electron chi connectivity index (χ3n) is 6.39. The highest BCUT2D eigenvalue weighted by atomic mass is 16.2. The fourth-order valence-corrected chi connectivity index (χ4v) is 4.80. The quantitative estimate of drug-likeness (QED) is 0.775. The molecule has 0 unspecified atom stereocenters. The summed E-state index contributed by atoms with van der Waals surface area (Å²) in [6, 6.07) is 14.3. The standard InChI is InChI=1S/C24H31N3O2/c1-18(2)27(24(29)20-11-6-7-12-20)17-22(28)26-16-15-25-14-8-13-21(25)23(26)19-9-4-3-5-10-19/h3-5,8-10,13-14,18,20,23H,6-7,11-12,15-17H2,1-2H3/t23-/m1/s1. The van der Waals surface area contributed by atoms with Crippen LogP contribution in [-0.4, -0.2) is 45.3 Å². The van der Waals surface area contributed by atoms with Gasteiger partial charge in [-0.3, -0.25) is 9.59 Å². The second-order valence-electron chi connectivity index (χ2n) is 8.57. The molecule has 0 spiro atoms. The average molecular weight is 394 g/mol. The summed E-state index contributed by atoms with van der Waals surface area (Å²) in [5, 5.41) is 0. The number of nitrogens with zero attached hydrogens (tertiary/aromatic N) is 3. The van der Waals surface area contributed by atoms with Crippen LogP contribution in [0.4, 0.5) is 0 Å². The molecule has 1 aromatic heterocycles. The van der Waals surface area contributed by atoms with Crippen molar-refractivity contribution in [2.45, 2.75) is 58.2 Å². The zero-order valence-corrected chi connectivity index (χ0v) is 17.5. The van der Waals surface area contributed by atoms with Gasteiger partial charge in [0.1, 0.15) is 6.54 Å². The largest absolute Gasteiger partial charge is 0.348 e. The van der Waals surface area contributed by atoms with Gasteiger partial charge >= 0.3 is 0 Å². The molecule has 0 saturated heterocycles. The topological polar surface area (TPSA) is 45.6 Å². The maximum atomic E-state index is 13.5. The van der Waals surface area contributed by atoms with Crippen molar-refractivity contribution in [3.8, 4) is 0 Å². The maximum Gasteiger partial charge on any atom is 0.243 e. The molecule has 0 bridgehead atoms. The lowest BCUT2D eigenvalue weighted by Crippen LogP contribution is -2.50. The number of carbonyl (C=O) groups excluding carboxylic acids is 2. The van der Waals surface area contributed by atoms with E-state index in [-0.39, 0.29) is 36.4 Å². The Kier molecular flexibility index (Phi) is 5.74. The number of benzene rings is 1. The molecule has 1 fully saturated rings. The molecule has 1 aliphatic carbocycles. The molecule has 1 aromatic carbocycles. The highest BCUT2D eigenvalue weighted by Crippen LogP contribution is 2.33. The summed E-state index contributed by atoms with van der Waals surface area (Å²) in [7, 11) is 0. The van der Waals surface area contributed by atoms with Crippen LogP contribution < -0.4 is 0 Å². The Hall–Kier alpha value is -2.56. The summed E-state index contributed by atoms with van der Waals surface area (Å²) >= 11 is 0. The van der Waals surface area contributed by atoms with Gasteiger partial charge < -0.3 is 14.4 Å². The Bertz CT molecular complexity index is 852. The van der Waals surface area contributed by atoms with Crippen LogP contribution in [0.2, 0.25) is 0 Å². The number of rotatable bonds is 5. The highest BCUT2D eigenvalue weighted by Gasteiger charge is 2.35. The molecular formula is C24H31N3O2. The Balaban J connectivity index is 1.58. The van der Waals surface area contributed by atoms with Crippen LogP contribution in [0.3, 0.4) is 0 Å². The number of hydrogen-bond donors (Lipinski definition) is 0. The molecular weight excluding hydrogens is 362 g/mol. The lowest BCUT2D eigenvalue weighted by atomic mass is 9.99. The maximum absolute atomic E-state index is 13.5. The van der Waals surface area contributed by atoms with Crippen LogP contribution in [0.25, 0.3) is 0 Å². The van der Waals surface area contributed by atoms with Crippen LogP contribution >= 0.6 is 0 Å². The highest BCUT2D eigenvalue weighted by molar-refractivity contribution is 5.86. The first-order chi connectivity index (χ1) is 14.1. The van der Waals surface area contributed by atoms with E-state index in [1.165, 1.54) is 0 Å². The van der Waals surface area contributed by atoms with Gasteiger partial charge in [0.2, 0.25) is 11.8 Å². The lowest BCUT2D eigenvalue weighted by Gasteiger charge is -2.39. The fraction of sp³-hybridized carbons (Fsp3) is 0.500. The normalized spacial score (nSPS) is 19.4. The lowest BCUT2D eigenvalue weighted by molar-refractivity contribution is -0.145. The molecule has 0 N–H and O–H groups in total. The zero-order valence-electron chi connectivity index (χ0n) is 17.5. The van der Waals surface area contributed by atoms with Crippen LogP contribution in [-0.2, 0) is 16.1 Å². The van der Waals surface area contributed by atoms with Crippen LogP contribution in [0.15, 0.2) is 48.7 Å². The van der Waals surface area contributed by atoms with Crippen molar-refractivity contribution >= 4 is 11.8 Å². The van der Waals surface area contributed by atoms with E-state index < -0.39 is 0 Å². The Morgan fingerprint density at radius 1 is 1.03 bits per heavy atom. The van der Waals surface area contributed by atoms with Gasteiger partial charge in [0.15, 0.2) is 0 Å². The van der Waals surface area contributed by atoms with Gasteiger partial charge in [-0.15, -0.1) is 0 Å². The van der Waals surface area contributed by atoms with Crippen molar-refractivity contribution in [3.63, 3.8) is 0 Å². The average Bonchev–Trinajstić information content (AvgIpc) is 3.42. The summed E-state index contributed by atoms with van der Waals surface area (Å²) in [6.07, 6.45) is 6.24. The van der Waals surface area contributed by atoms with E-state index >= 15 is 0 Å². The number of hydrogen-bond acceptors (Lipinski definition) is 2. The second kappa shape index (κ2) is 8.44. The minimum atomic E-state index is -0.108. The summed E-state index contributed by atoms with van der Waals surface area (Å²) in [4.78, 5) is 30.3. The van der Waals surface area contributed by atoms with Crippen LogP contribution in [0.1, 0.15) is 56.8 Å². The minimum Gasteiger partial charge on any atom is -0.348 e. The van der Waals surface area contributed by atoms with E-state index in [1.807, 2.05) is 43.0 Å². The number of aromatic nitrogens is 1. The number of fused-ring (bicyclic) bond motifs is 1. The van der Waals surface area contributed by atoms with E-state index in [9.17, 15) is 9.59 Å². The molecule has 2 heterocycles. The first-order valence-corrected chi connectivity index (χ1v) is 10.9. The molecule has 0 radical (unpaired) electrons. The molecule has 5 heteroatoms. The van der Waals surface area contributed by atoms with Gasteiger partial charge in [-0.25, -0.2) is 0 Å². The summed E-state index contributed by atoms with van der Waals surface area (Å²) in [5.74, 6) is 0.280. The number of amides is 2. The van der Waals surface area contributed by atoms with Gasteiger partial charge in [-0.2, -0.15) is 0 Å². The van der Waals surface area contributed by atoms with E-state index in [2.05, 4.69) is 29.0 Å². The molecule has 1 atom stereocenters.